The molecule has 4 heteroatoms. The molecule has 1 fully saturated rings. The Morgan fingerprint density at radius 1 is 1.16 bits per heavy atom. The SMILES string of the molecule is Cc1c(O)ccc(C(O)C(C)N2CCNCC2)c1C. The van der Waals surface area contributed by atoms with E-state index in [1.165, 1.54) is 0 Å². The van der Waals surface area contributed by atoms with Gasteiger partial charge in [-0.1, -0.05) is 6.07 Å². The lowest BCUT2D eigenvalue weighted by molar-refractivity contribution is 0.0505. The summed E-state index contributed by atoms with van der Waals surface area (Å²) < 4.78 is 0. The average Bonchev–Trinajstić information content (AvgIpc) is 2.44. The predicted molar refractivity (Wildman–Crippen MR) is 76.4 cm³/mol. The largest absolute Gasteiger partial charge is 0.508 e. The molecule has 1 heterocycles. The van der Waals surface area contributed by atoms with Crippen LogP contribution in [-0.4, -0.2) is 47.3 Å². The summed E-state index contributed by atoms with van der Waals surface area (Å²) in [6, 6.07) is 3.59. The third kappa shape index (κ3) is 2.91. The molecule has 3 N–H and O–H groups in total. The highest BCUT2D eigenvalue weighted by Gasteiger charge is 2.25. The Bertz CT molecular complexity index is 442. The number of nitrogens with zero attached hydrogens (tertiary/aromatic N) is 1. The lowest BCUT2D eigenvalue weighted by Crippen LogP contribution is -2.49. The number of hydrogen-bond acceptors (Lipinski definition) is 4. The summed E-state index contributed by atoms with van der Waals surface area (Å²) in [4.78, 5) is 2.31. The number of phenolic OH excluding ortho intramolecular Hbond substituents is 1. The quantitative estimate of drug-likeness (QED) is 0.771. The van der Waals surface area contributed by atoms with E-state index < -0.39 is 6.10 Å². The summed E-state index contributed by atoms with van der Waals surface area (Å²) in [7, 11) is 0. The standard InChI is InChI=1S/C15H24N2O2/c1-10-11(2)14(18)5-4-13(10)15(19)12(3)17-8-6-16-7-9-17/h4-5,12,15-16,18-19H,6-9H2,1-3H3. The second kappa shape index (κ2) is 5.90. The van der Waals surface area contributed by atoms with Gasteiger partial charge in [-0.15, -0.1) is 0 Å². The number of rotatable bonds is 3. The van der Waals surface area contributed by atoms with Crippen LogP contribution in [0.1, 0.15) is 29.7 Å². The van der Waals surface area contributed by atoms with Gasteiger partial charge in [-0.05, 0) is 43.5 Å². The first-order valence-electron chi connectivity index (χ1n) is 6.94. The van der Waals surface area contributed by atoms with Gasteiger partial charge in [0.15, 0.2) is 0 Å². The van der Waals surface area contributed by atoms with Crippen LogP contribution in [0, 0.1) is 13.8 Å². The van der Waals surface area contributed by atoms with Gasteiger partial charge >= 0.3 is 0 Å². The van der Waals surface area contributed by atoms with Gasteiger partial charge in [-0.25, -0.2) is 0 Å². The molecule has 1 aromatic carbocycles. The predicted octanol–water partition coefficient (Wildman–Crippen LogP) is 1.34. The van der Waals surface area contributed by atoms with Gasteiger partial charge in [0.05, 0.1) is 6.10 Å². The van der Waals surface area contributed by atoms with E-state index in [9.17, 15) is 10.2 Å². The van der Waals surface area contributed by atoms with E-state index in [1.807, 2.05) is 19.9 Å². The van der Waals surface area contributed by atoms with Crippen molar-refractivity contribution in [1.29, 1.82) is 0 Å². The van der Waals surface area contributed by atoms with Gasteiger partial charge in [0, 0.05) is 32.2 Å². The van der Waals surface area contributed by atoms with Crippen molar-refractivity contribution in [3.63, 3.8) is 0 Å². The van der Waals surface area contributed by atoms with Crippen LogP contribution < -0.4 is 5.32 Å². The normalized spacial score (nSPS) is 20.2. The molecule has 0 spiro atoms. The number of hydrogen-bond donors (Lipinski definition) is 3. The van der Waals surface area contributed by atoms with Crippen molar-refractivity contribution in [1.82, 2.24) is 10.2 Å². The third-order valence-corrected chi connectivity index (χ3v) is 4.30. The number of aromatic hydroxyl groups is 1. The lowest BCUT2D eigenvalue weighted by Gasteiger charge is -2.36. The van der Waals surface area contributed by atoms with Crippen molar-refractivity contribution in [3.05, 3.63) is 28.8 Å². The van der Waals surface area contributed by atoms with Crippen molar-refractivity contribution in [2.24, 2.45) is 0 Å². The molecular formula is C15H24N2O2. The molecular weight excluding hydrogens is 240 g/mol. The maximum absolute atomic E-state index is 10.6. The Morgan fingerprint density at radius 3 is 2.42 bits per heavy atom. The van der Waals surface area contributed by atoms with Crippen LogP contribution in [0.25, 0.3) is 0 Å². The second-order valence-electron chi connectivity index (χ2n) is 5.40. The van der Waals surface area contributed by atoms with Crippen LogP contribution in [0.3, 0.4) is 0 Å². The molecule has 2 atom stereocenters. The number of phenols is 1. The van der Waals surface area contributed by atoms with Crippen LogP contribution >= 0.6 is 0 Å². The van der Waals surface area contributed by atoms with Gasteiger partial charge in [-0.2, -0.15) is 0 Å². The summed E-state index contributed by atoms with van der Waals surface area (Å²) in [6.45, 7) is 9.80. The van der Waals surface area contributed by atoms with Crippen molar-refractivity contribution in [2.75, 3.05) is 26.2 Å². The molecule has 0 bridgehead atoms. The summed E-state index contributed by atoms with van der Waals surface area (Å²) in [5, 5.41) is 23.6. The number of piperazine rings is 1. The number of aliphatic hydroxyl groups is 1. The van der Waals surface area contributed by atoms with Gasteiger partial charge in [0.1, 0.15) is 5.75 Å². The zero-order chi connectivity index (χ0) is 14.0. The maximum Gasteiger partial charge on any atom is 0.118 e. The smallest absolute Gasteiger partial charge is 0.118 e. The van der Waals surface area contributed by atoms with Crippen LogP contribution in [0.5, 0.6) is 5.75 Å². The molecule has 1 saturated heterocycles. The molecule has 1 aliphatic heterocycles. The molecule has 0 saturated carbocycles. The van der Waals surface area contributed by atoms with Crippen LogP contribution in [0.2, 0.25) is 0 Å². The zero-order valence-corrected chi connectivity index (χ0v) is 12.0. The molecule has 0 radical (unpaired) electrons. The van der Waals surface area contributed by atoms with E-state index in [0.29, 0.717) is 5.75 Å². The van der Waals surface area contributed by atoms with E-state index in [2.05, 4.69) is 17.1 Å². The highest BCUT2D eigenvalue weighted by Crippen LogP contribution is 2.30. The molecule has 0 amide bonds. The third-order valence-electron chi connectivity index (χ3n) is 4.30. The summed E-state index contributed by atoms with van der Waals surface area (Å²) in [6.07, 6.45) is -0.516. The minimum absolute atomic E-state index is 0.0877. The second-order valence-corrected chi connectivity index (χ2v) is 5.40. The van der Waals surface area contributed by atoms with Gasteiger partial charge < -0.3 is 15.5 Å². The Balaban J connectivity index is 2.18. The lowest BCUT2D eigenvalue weighted by atomic mass is 9.94. The fourth-order valence-electron chi connectivity index (χ4n) is 2.70. The highest BCUT2D eigenvalue weighted by atomic mass is 16.3. The van der Waals surface area contributed by atoms with Gasteiger partial charge in [0.2, 0.25) is 0 Å². The number of nitrogens with one attached hydrogen (secondary N) is 1. The number of benzene rings is 1. The highest BCUT2D eigenvalue weighted by molar-refractivity contribution is 5.43. The Morgan fingerprint density at radius 2 is 1.79 bits per heavy atom. The topological polar surface area (TPSA) is 55.7 Å². The summed E-state index contributed by atoms with van der Waals surface area (Å²) in [5.74, 6) is 0.295. The molecule has 19 heavy (non-hydrogen) atoms. The Labute approximate surface area is 115 Å². The van der Waals surface area contributed by atoms with Gasteiger partial charge in [-0.3, -0.25) is 4.90 Å². The monoisotopic (exact) mass is 264 g/mol. The molecule has 2 rings (SSSR count). The molecule has 1 aromatic rings. The van der Waals surface area contributed by atoms with Crippen LogP contribution in [0.15, 0.2) is 12.1 Å². The van der Waals surface area contributed by atoms with Crippen LogP contribution in [-0.2, 0) is 0 Å². The summed E-state index contributed by atoms with van der Waals surface area (Å²) >= 11 is 0. The Kier molecular flexibility index (Phi) is 4.45. The van der Waals surface area contributed by atoms with E-state index in [0.717, 1.165) is 42.9 Å². The van der Waals surface area contributed by atoms with Crippen LogP contribution in [0.4, 0.5) is 0 Å². The van der Waals surface area contributed by atoms with E-state index >= 15 is 0 Å². The molecule has 0 aromatic heterocycles. The fourth-order valence-corrected chi connectivity index (χ4v) is 2.70. The molecule has 106 valence electrons. The summed E-state index contributed by atoms with van der Waals surface area (Å²) in [5.41, 5.74) is 2.75. The first-order valence-corrected chi connectivity index (χ1v) is 6.94. The first kappa shape index (κ1) is 14.3. The minimum atomic E-state index is -0.516. The minimum Gasteiger partial charge on any atom is -0.508 e. The van der Waals surface area contributed by atoms with E-state index in [4.69, 9.17) is 0 Å². The average molecular weight is 264 g/mol. The van der Waals surface area contributed by atoms with Crippen molar-refractivity contribution in [3.8, 4) is 5.75 Å². The number of aliphatic hydroxyl groups excluding tert-OH is 1. The van der Waals surface area contributed by atoms with Crippen molar-refractivity contribution in [2.45, 2.75) is 32.9 Å². The molecule has 0 aliphatic carbocycles. The molecule has 1 aliphatic rings. The molecule has 4 nitrogen and oxygen atoms in total. The molecule has 2 unspecified atom stereocenters. The van der Waals surface area contributed by atoms with Crippen molar-refractivity contribution >= 4 is 0 Å². The first-order chi connectivity index (χ1) is 9.02. The fraction of sp³-hybridized carbons (Fsp3) is 0.600. The maximum atomic E-state index is 10.6. The van der Waals surface area contributed by atoms with E-state index in [-0.39, 0.29) is 6.04 Å². The van der Waals surface area contributed by atoms with Gasteiger partial charge in [0.25, 0.3) is 0 Å². The van der Waals surface area contributed by atoms with E-state index in [1.54, 1.807) is 6.07 Å². The Hall–Kier alpha value is -1.10. The van der Waals surface area contributed by atoms with Crippen molar-refractivity contribution < 1.29 is 10.2 Å². The zero-order valence-electron chi connectivity index (χ0n) is 12.0.